The van der Waals surface area contributed by atoms with E-state index in [1.165, 1.54) is 0 Å². The molecule has 0 bridgehead atoms. The van der Waals surface area contributed by atoms with Gasteiger partial charge >= 0.3 is 0 Å². The second kappa shape index (κ2) is 2.84. The van der Waals surface area contributed by atoms with Crippen molar-refractivity contribution < 1.29 is 0 Å². The first kappa shape index (κ1) is 7.94. The summed E-state index contributed by atoms with van der Waals surface area (Å²) in [6.45, 7) is 5.61. The number of piperazine rings is 1. The summed E-state index contributed by atoms with van der Waals surface area (Å²) in [6.07, 6.45) is 0. The summed E-state index contributed by atoms with van der Waals surface area (Å²) in [7, 11) is 0. The van der Waals surface area contributed by atoms with Crippen LogP contribution in [0.4, 0.5) is 0 Å². The average Bonchev–Trinajstić information content (AvgIpc) is 1.87. The van der Waals surface area contributed by atoms with Crippen molar-refractivity contribution in [2.24, 2.45) is 11.5 Å². The molecule has 0 aromatic carbocycles. The third-order valence-electron chi connectivity index (χ3n) is 1.94. The quantitative estimate of drug-likeness (QED) is 0.391. The Kier molecular flexibility index (Phi) is 2.25. The Morgan fingerprint density at radius 2 is 2.30 bits per heavy atom. The maximum atomic E-state index is 5.77. The minimum Gasteiger partial charge on any atom is -0.311 e. The average molecular weight is 144 g/mol. The standard InChI is InChI=1S/C6H16N4/c1-2-10-4-3-9-5-6(10,7)8/h9H,2-5,7-8H2,1H3. The number of likely N-dealkylation sites (N-methyl/N-ethyl adjacent to an activating group) is 1. The van der Waals surface area contributed by atoms with Crippen molar-refractivity contribution in [2.75, 3.05) is 26.2 Å². The first-order valence-electron chi connectivity index (χ1n) is 3.70. The second-order valence-electron chi connectivity index (χ2n) is 2.75. The van der Waals surface area contributed by atoms with Crippen molar-refractivity contribution in [3.63, 3.8) is 0 Å². The molecule has 60 valence electrons. The van der Waals surface area contributed by atoms with Gasteiger partial charge in [0.2, 0.25) is 0 Å². The summed E-state index contributed by atoms with van der Waals surface area (Å²) < 4.78 is 0. The van der Waals surface area contributed by atoms with Gasteiger partial charge in [-0.1, -0.05) is 6.92 Å². The van der Waals surface area contributed by atoms with Gasteiger partial charge in [0.1, 0.15) is 5.79 Å². The van der Waals surface area contributed by atoms with Gasteiger partial charge in [-0.05, 0) is 6.54 Å². The predicted octanol–water partition coefficient (Wildman–Crippen LogP) is -1.52. The van der Waals surface area contributed by atoms with Crippen LogP contribution in [-0.4, -0.2) is 36.9 Å². The fraction of sp³-hybridized carbons (Fsp3) is 1.00. The number of hydrogen-bond donors (Lipinski definition) is 3. The molecule has 10 heavy (non-hydrogen) atoms. The summed E-state index contributed by atoms with van der Waals surface area (Å²) in [5.74, 6) is -0.632. The van der Waals surface area contributed by atoms with Crippen LogP contribution < -0.4 is 16.8 Å². The Morgan fingerprint density at radius 1 is 1.60 bits per heavy atom. The first-order chi connectivity index (χ1) is 4.67. The minimum absolute atomic E-state index is 0.632. The highest BCUT2D eigenvalue weighted by Crippen LogP contribution is 2.02. The van der Waals surface area contributed by atoms with Gasteiger partial charge in [0.25, 0.3) is 0 Å². The minimum atomic E-state index is -0.632. The lowest BCUT2D eigenvalue weighted by Crippen LogP contribution is -2.71. The van der Waals surface area contributed by atoms with Crippen molar-refractivity contribution in [3.8, 4) is 0 Å². The van der Waals surface area contributed by atoms with E-state index >= 15 is 0 Å². The molecule has 1 aliphatic heterocycles. The van der Waals surface area contributed by atoms with Gasteiger partial charge in [-0.15, -0.1) is 0 Å². The summed E-state index contributed by atoms with van der Waals surface area (Å²) in [6, 6.07) is 0. The zero-order valence-corrected chi connectivity index (χ0v) is 6.43. The topological polar surface area (TPSA) is 67.3 Å². The van der Waals surface area contributed by atoms with E-state index < -0.39 is 5.79 Å². The van der Waals surface area contributed by atoms with Crippen molar-refractivity contribution in [1.82, 2.24) is 10.2 Å². The molecular weight excluding hydrogens is 128 g/mol. The van der Waals surface area contributed by atoms with Crippen molar-refractivity contribution in [2.45, 2.75) is 12.7 Å². The molecule has 4 heteroatoms. The molecular formula is C6H16N4. The van der Waals surface area contributed by atoms with Gasteiger partial charge in [-0.2, -0.15) is 0 Å². The van der Waals surface area contributed by atoms with Crippen LogP contribution in [-0.2, 0) is 0 Å². The molecule has 1 heterocycles. The molecule has 0 spiro atoms. The second-order valence-corrected chi connectivity index (χ2v) is 2.75. The van der Waals surface area contributed by atoms with Crippen LogP contribution in [0.2, 0.25) is 0 Å². The van der Waals surface area contributed by atoms with Crippen LogP contribution in [0.25, 0.3) is 0 Å². The number of nitrogens with two attached hydrogens (primary N) is 2. The third kappa shape index (κ3) is 1.46. The zero-order chi connectivity index (χ0) is 7.61. The highest BCUT2D eigenvalue weighted by Gasteiger charge is 2.28. The van der Waals surface area contributed by atoms with Gasteiger partial charge < -0.3 is 5.32 Å². The molecule has 1 rings (SSSR count). The van der Waals surface area contributed by atoms with Crippen LogP contribution in [0.3, 0.4) is 0 Å². The van der Waals surface area contributed by atoms with Gasteiger partial charge in [0.15, 0.2) is 0 Å². The molecule has 1 saturated heterocycles. The Bertz CT molecular complexity index is 112. The van der Waals surface area contributed by atoms with Gasteiger partial charge in [-0.3, -0.25) is 16.4 Å². The molecule has 0 radical (unpaired) electrons. The van der Waals surface area contributed by atoms with E-state index in [1.807, 2.05) is 0 Å². The third-order valence-corrected chi connectivity index (χ3v) is 1.94. The van der Waals surface area contributed by atoms with Crippen LogP contribution in [0.1, 0.15) is 6.92 Å². The summed E-state index contributed by atoms with van der Waals surface area (Å²) >= 11 is 0. The summed E-state index contributed by atoms with van der Waals surface area (Å²) in [5.41, 5.74) is 11.5. The molecule has 0 aliphatic carbocycles. The van der Waals surface area contributed by atoms with Gasteiger partial charge in [-0.25, -0.2) is 0 Å². The van der Waals surface area contributed by atoms with E-state index in [0.717, 1.165) is 19.6 Å². The predicted molar refractivity (Wildman–Crippen MR) is 41.2 cm³/mol. The van der Waals surface area contributed by atoms with Crippen LogP contribution in [0.5, 0.6) is 0 Å². The molecule has 1 fully saturated rings. The highest BCUT2D eigenvalue weighted by molar-refractivity contribution is 4.84. The molecule has 0 aromatic rings. The fourth-order valence-electron chi connectivity index (χ4n) is 1.28. The van der Waals surface area contributed by atoms with E-state index in [4.69, 9.17) is 11.5 Å². The Hall–Kier alpha value is -0.160. The SMILES string of the molecule is CCN1CCNCC1(N)N. The van der Waals surface area contributed by atoms with Crippen molar-refractivity contribution in [1.29, 1.82) is 0 Å². The number of hydrogen-bond acceptors (Lipinski definition) is 4. The summed E-state index contributed by atoms with van der Waals surface area (Å²) in [5, 5.41) is 3.15. The van der Waals surface area contributed by atoms with E-state index in [9.17, 15) is 0 Å². The van der Waals surface area contributed by atoms with E-state index in [1.54, 1.807) is 0 Å². The molecule has 0 saturated carbocycles. The number of nitrogens with zero attached hydrogens (tertiary/aromatic N) is 1. The Balaban J connectivity index is 2.51. The zero-order valence-electron chi connectivity index (χ0n) is 6.43. The maximum absolute atomic E-state index is 5.77. The smallest absolute Gasteiger partial charge is 0.133 e. The molecule has 5 N–H and O–H groups in total. The lowest BCUT2D eigenvalue weighted by atomic mass is 10.2. The van der Waals surface area contributed by atoms with E-state index in [0.29, 0.717) is 6.54 Å². The number of rotatable bonds is 1. The first-order valence-corrected chi connectivity index (χ1v) is 3.70. The Labute approximate surface area is 61.5 Å². The Morgan fingerprint density at radius 3 is 2.70 bits per heavy atom. The van der Waals surface area contributed by atoms with E-state index in [-0.39, 0.29) is 0 Å². The molecule has 4 nitrogen and oxygen atoms in total. The lowest BCUT2D eigenvalue weighted by molar-refractivity contribution is 0.0759. The normalized spacial score (nSPS) is 26.7. The van der Waals surface area contributed by atoms with E-state index in [2.05, 4.69) is 17.1 Å². The van der Waals surface area contributed by atoms with Gasteiger partial charge in [0, 0.05) is 19.6 Å². The van der Waals surface area contributed by atoms with Crippen molar-refractivity contribution >= 4 is 0 Å². The molecule has 0 atom stereocenters. The number of nitrogens with one attached hydrogen (secondary N) is 1. The summed E-state index contributed by atoms with van der Waals surface area (Å²) in [4.78, 5) is 2.07. The van der Waals surface area contributed by atoms with Gasteiger partial charge in [0.05, 0.1) is 0 Å². The highest BCUT2D eigenvalue weighted by atomic mass is 15.4. The molecule has 1 aliphatic rings. The lowest BCUT2D eigenvalue weighted by Gasteiger charge is -2.41. The molecule has 0 unspecified atom stereocenters. The largest absolute Gasteiger partial charge is 0.311 e. The van der Waals surface area contributed by atoms with Crippen LogP contribution in [0.15, 0.2) is 0 Å². The maximum Gasteiger partial charge on any atom is 0.133 e. The monoisotopic (exact) mass is 144 g/mol. The molecule has 0 amide bonds. The van der Waals surface area contributed by atoms with Crippen LogP contribution in [0, 0.1) is 0 Å². The van der Waals surface area contributed by atoms with Crippen molar-refractivity contribution in [3.05, 3.63) is 0 Å². The van der Waals surface area contributed by atoms with Crippen LogP contribution >= 0.6 is 0 Å². The fourth-order valence-corrected chi connectivity index (χ4v) is 1.28. The molecule has 0 aromatic heterocycles.